The molecule has 0 aromatic heterocycles. The quantitative estimate of drug-likeness (QED) is 0.797. The van der Waals surface area contributed by atoms with Gasteiger partial charge < -0.3 is 15.5 Å². The zero-order valence-corrected chi connectivity index (χ0v) is 13.4. The highest BCUT2D eigenvalue weighted by Gasteiger charge is 2.56. The Morgan fingerprint density at radius 3 is 2.61 bits per heavy atom. The predicted octanol–water partition coefficient (Wildman–Crippen LogP) is 3.44. The van der Waals surface area contributed by atoms with Crippen LogP contribution in [-0.2, 0) is 4.79 Å². The molecule has 4 saturated carbocycles. The number of benzene rings is 1. The van der Waals surface area contributed by atoms with Crippen molar-refractivity contribution in [2.75, 3.05) is 5.32 Å². The average molecular weight is 315 g/mol. The van der Waals surface area contributed by atoms with Gasteiger partial charge in [0.25, 0.3) is 0 Å². The summed E-state index contributed by atoms with van der Waals surface area (Å²) in [5.74, 6) is 1.48. The fraction of sp³-hybridized carbons (Fsp3) is 0.632. The molecular weight excluding hydrogens is 290 g/mol. The van der Waals surface area contributed by atoms with E-state index < -0.39 is 5.60 Å². The van der Waals surface area contributed by atoms with E-state index in [4.69, 9.17) is 0 Å². The first kappa shape index (κ1) is 15.0. The van der Waals surface area contributed by atoms with Crippen LogP contribution in [0.3, 0.4) is 0 Å². The second-order valence-corrected chi connectivity index (χ2v) is 8.28. The van der Waals surface area contributed by atoms with Crippen molar-refractivity contribution in [3.8, 4) is 5.75 Å². The van der Waals surface area contributed by atoms with E-state index in [1.807, 2.05) is 0 Å². The molecule has 23 heavy (non-hydrogen) atoms. The van der Waals surface area contributed by atoms with E-state index in [1.165, 1.54) is 19.3 Å². The third-order valence-corrected chi connectivity index (χ3v) is 6.16. The standard InChI is InChI=1S/C19H25NO3/c21-16-3-1-2-15(7-16)20-17(22)4-5-18-8-13-6-14(9-18)11-19(23,10-13)12-18/h1-3,7,13-14,21,23H,4-6,8-12H2,(H,20,22). The summed E-state index contributed by atoms with van der Waals surface area (Å²) in [7, 11) is 0. The zero-order valence-electron chi connectivity index (χ0n) is 13.4. The molecule has 124 valence electrons. The first-order chi connectivity index (χ1) is 10.9. The van der Waals surface area contributed by atoms with Crippen LogP contribution in [0.25, 0.3) is 0 Å². The molecule has 3 N–H and O–H groups in total. The van der Waals surface area contributed by atoms with Gasteiger partial charge in [-0.2, -0.15) is 0 Å². The number of carbonyl (C=O) groups excluding carboxylic acids is 1. The summed E-state index contributed by atoms with van der Waals surface area (Å²) in [5, 5.41) is 23.1. The number of aromatic hydroxyl groups is 1. The van der Waals surface area contributed by atoms with Gasteiger partial charge in [-0.05, 0) is 74.3 Å². The van der Waals surface area contributed by atoms with Crippen molar-refractivity contribution in [2.45, 2.75) is 57.0 Å². The summed E-state index contributed by atoms with van der Waals surface area (Å²) in [4.78, 5) is 12.2. The molecular formula is C19H25NO3. The van der Waals surface area contributed by atoms with Gasteiger partial charge >= 0.3 is 0 Å². The fourth-order valence-electron chi connectivity index (χ4n) is 5.88. The Morgan fingerprint density at radius 1 is 1.22 bits per heavy atom. The van der Waals surface area contributed by atoms with Crippen molar-refractivity contribution < 1.29 is 15.0 Å². The zero-order chi connectivity index (χ0) is 16.1. The molecule has 1 aromatic rings. The molecule has 0 aliphatic heterocycles. The van der Waals surface area contributed by atoms with Gasteiger partial charge in [-0.3, -0.25) is 4.79 Å². The molecule has 0 heterocycles. The number of nitrogens with one attached hydrogen (secondary N) is 1. The Hall–Kier alpha value is -1.55. The summed E-state index contributed by atoms with van der Waals surface area (Å²) < 4.78 is 0. The first-order valence-electron chi connectivity index (χ1n) is 8.75. The Balaban J connectivity index is 1.38. The van der Waals surface area contributed by atoms with Crippen molar-refractivity contribution >= 4 is 11.6 Å². The van der Waals surface area contributed by atoms with Crippen molar-refractivity contribution in [3.63, 3.8) is 0 Å². The Bertz CT molecular complexity index is 613. The number of phenolic OH excluding ortho intramolecular Hbond substituents is 1. The lowest BCUT2D eigenvalue weighted by Gasteiger charge is -2.60. The van der Waals surface area contributed by atoms with Gasteiger partial charge in [-0.15, -0.1) is 0 Å². The van der Waals surface area contributed by atoms with E-state index in [2.05, 4.69) is 5.32 Å². The Labute approximate surface area is 136 Å². The van der Waals surface area contributed by atoms with Gasteiger partial charge in [0.2, 0.25) is 5.91 Å². The van der Waals surface area contributed by atoms with Crippen molar-refractivity contribution in [1.29, 1.82) is 0 Å². The second kappa shape index (κ2) is 5.23. The van der Waals surface area contributed by atoms with Gasteiger partial charge in [0.15, 0.2) is 0 Å². The molecule has 2 unspecified atom stereocenters. The van der Waals surface area contributed by atoms with Crippen molar-refractivity contribution in [1.82, 2.24) is 0 Å². The van der Waals surface area contributed by atoms with E-state index in [-0.39, 0.29) is 17.1 Å². The number of anilines is 1. The smallest absolute Gasteiger partial charge is 0.224 e. The lowest BCUT2D eigenvalue weighted by Crippen LogP contribution is -2.55. The summed E-state index contributed by atoms with van der Waals surface area (Å²) >= 11 is 0. The maximum Gasteiger partial charge on any atom is 0.224 e. The van der Waals surface area contributed by atoms with Crippen molar-refractivity contribution in [3.05, 3.63) is 24.3 Å². The molecule has 1 amide bonds. The molecule has 4 aliphatic rings. The summed E-state index contributed by atoms with van der Waals surface area (Å²) in [6.07, 6.45) is 7.84. The highest BCUT2D eigenvalue weighted by molar-refractivity contribution is 5.90. The average Bonchev–Trinajstić information content (AvgIpc) is 2.43. The number of carbonyl (C=O) groups is 1. The minimum atomic E-state index is -0.453. The summed E-state index contributed by atoms with van der Waals surface area (Å²) in [6.45, 7) is 0. The van der Waals surface area contributed by atoms with Gasteiger partial charge in [0.1, 0.15) is 5.75 Å². The maximum absolute atomic E-state index is 12.2. The normalized spacial score (nSPS) is 37.8. The van der Waals surface area contributed by atoms with Crippen molar-refractivity contribution in [2.24, 2.45) is 17.3 Å². The van der Waals surface area contributed by atoms with Crippen LogP contribution in [0.1, 0.15) is 51.4 Å². The van der Waals surface area contributed by atoms with E-state index in [9.17, 15) is 15.0 Å². The highest BCUT2D eigenvalue weighted by Crippen LogP contribution is 2.63. The summed E-state index contributed by atoms with van der Waals surface area (Å²) in [5.41, 5.74) is 0.361. The number of aliphatic hydroxyl groups is 1. The molecule has 0 spiro atoms. The van der Waals surface area contributed by atoms with E-state index in [0.29, 0.717) is 23.9 Å². The second-order valence-electron chi connectivity index (χ2n) is 8.28. The van der Waals surface area contributed by atoms with Crippen LogP contribution in [0.4, 0.5) is 5.69 Å². The fourth-order valence-corrected chi connectivity index (χ4v) is 5.88. The molecule has 4 fully saturated rings. The van der Waals surface area contributed by atoms with E-state index >= 15 is 0 Å². The molecule has 0 saturated heterocycles. The number of rotatable bonds is 4. The van der Waals surface area contributed by atoms with Crippen LogP contribution >= 0.6 is 0 Å². The number of amides is 1. The molecule has 4 nitrogen and oxygen atoms in total. The molecule has 2 atom stereocenters. The monoisotopic (exact) mass is 315 g/mol. The lowest BCUT2D eigenvalue weighted by molar-refractivity contribution is -0.166. The minimum absolute atomic E-state index is 0.00154. The molecule has 1 aromatic carbocycles. The molecule has 5 rings (SSSR count). The molecule has 4 aliphatic carbocycles. The SMILES string of the molecule is O=C(CCC12CC3CC(CC(O)(C3)C1)C2)Nc1cccc(O)c1. The highest BCUT2D eigenvalue weighted by atomic mass is 16.3. The van der Waals surface area contributed by atoms with Gasteiger partial charge in [0.05, 0.1) is 5.60 Å². The van der Waals surface area contributed by atoms with Crippen LogP contribution in [0, 0.1) is 17.3 Å². The maximum atomic E-state index is 12.2. The van der Waals surface area contributed by atoms with Crippen LogP contribution in [-0.4, -0.2) is 21.7 Å². The number of phenols is 1. The first-order valence-corrected chi connectivity index (χ1v) is 8.75. The number of hydrogen-bond donors (Lipinski definition) is 3. The topological polar surface area (TPSA) is 69.6 Å². The number of hydrogen-bond acceptors (Lipinski definition) is 3. The van der Waals surface area contributed by atoms with Crippen LogP contribution in [0.2, 0.25) is 0 Å². The van der Waals surface area contributed by atoms with Crippen LogP contribution < -0.4 is 5.32 Å². The third-order valence-electron chi connectivity index (χ3n) is 6.16. The largest absolute Gasteiger partial charge is 0.508 e. The molecule has 4 heteroatoms. The van der Waals surface area contributed by atoms with E-state index in [1.54, 1.807) is 24.3 Å². The van der Waals surface area contributed by atoms with Gasteiger partial charge in [-0.1, -0.05) is 6.07 Å². The minimum Gasteiger partial charge on any atom is -0.508 e. The molecule has 0 radical (unpaired) electrons. The summed E-state index contributed by atoms with van der Waals surface area (Å²) in [6, 6.07) is 6.65. The predicted molar refractivity (Wildman–Crippen MR) is 88.0 cm³/mol. The van der Waals surface area contributed by atoms with Gasteiger partial charge in [0, 0.05) is 18.2 Å². The third kappa shape index (κ3) is 2.97. The lowest BCUT2D eigenvalue weighted by atomic mass is 9.47. The van der Waals surface area contributed by atoms with E-state index in [0.717, 1.165) is 25.7 Å². The Morgan fingerprint density at radius 2 is 1.96 bits per heavy atom. The van der Waals surface area contributed by atoms with Gasteiger partial charge in [-0.25, -0.2) is 0 Å². The Kier molecular flexibility index (Phi) is 3.41. The van der Waals surface area contributed by atoms with Crippen LogP contribution in [0.15, 0.2) is 24.3 Å². The van der Waals surface area contributed by atoms with Crippen LogP contribution in [0.5, 0.6) is 5.75 Å². The molecule has 4 bridgehead atoms.